The number of allylic oxidation sites excluding steroid dienone is 2. The highest BCUT2D eigenvalue weighted by molar-refractivity contribution is 6.13. The van der Waals surface area contributed by atoms with Crippen LogP contribution in [0.15, 0.2) is 105 Å². The number of nitrogens with one attached hydrogen (secondary N) is 2. The summed E-state index contributed by atoms with van der Waals surface area (Å²) in [5.74, 6) is -0.270. The lowest BCUT2D eigenvalue weighted by molar-refractivity contribution is -0.125. The number of nitrogens with zero attached hydrogens (tertiary/aromatic N) is 6. The summed E-state index contributed by atoms with van der Waals surface area (Å²) in [7, 11) is 1.62. The predicted molar refractivity (Wildman–Crippen MR) is 185 cm³/mol. The minimum absolute atomic E-state index is 0.120. The zero-order valence-electron chi connectivity index (χ0n) is 26.8. The number of aliphatic imine (C=N–C) groups is 3. The Labute approximate surface area is 274 Å². The molecule has 1 aromatic carbocycles. The highest BCUT2D eigenvalue weighted by atomic mass is 16.2. The van der Waals surface area contributed by atoms with E-state index in [1.807, 2.05) is 62.4 Å². The van der Waals surface area contributed by atoms with Gasteiger partial charge in [0.25, 0.3) is 0 Å². The van der Waals surface area contributed by atoms with Crippen LogP contribution in [0.4, 0.5) is 16.2 Å². The van der Waals surface area contributed by atoms with Crippen molar-refractivity contribution in [2.24, 2.45) is 20.7 Å². The Morgan fingerprint density at radius 1 is 1.21 bits per heavy atom. The molecule has 1 saturated heterocycles. The van der Waals surface area contributed by atoms with Gasteiger partial charge in [0.1, 0.15) is 18.2 Å². The number of hydrogen-bond acceptors (Lipinski definition) is 7. The third-order valence-electron chi connectivity index (χ3n) is 8.09. The van der Waals surface area contributed by atoms with E-state index in [-0.39, 0.29) is 30.8 Å². The summed E-state index contributed by atoms with van der Waals surface area (Å²) in [6.45, 7) is 7.79. The van der Waals surface area contributed by atoms with Gasteiger partial charge in [-0.1, -0.05) is 30.4 Å². The fraction of sp³-hybridized carbons (Fsp3) is 0.286. The number of likely N-dealkylation sites (N-methyl/N-ethyl adjacent to an activating group) is 1. The Morgan fingerprint density at radius 3 is 2.77 bits per heavy atom. The van der Waals surface area contributed by atoms with Gasteiger partial charge in [0.05, 0.1) is 30.9 Å². The van der Waals surface area contributed by atoms with Crippen molar-refractivity contribution in [1.82, 2.24) is 20.1 Å². The van der Waals surface area contributed by atoms with E-state index in [4.69, 9.17) is 10.7 Å². The first-order valence-corrected chi connectivity index (χ1v) is 15.4. The molecule has 47 heavy (non-hydrogen) atoms. The molecule has 2 aromatic rings. The topological polar surface area (TPSA) is 158 Å². The number of amidine groups is 1. The molecule has 12 nitrogen and oxygen atoms in total. The van der Waals surface area contributed by atoms with Gasteiger partial charge >= 0.3 is 6.03 Å². The predicted octanol–water partition coefficient (Wildman–Crippen LogP) is 4.54. The number of anilines is 1. The molecule has 1 aliphatic carbocycles. The van der Waals surface area contributed by atoms with E-state index in [2.05, 4.69) is 32.2 Å². The highest BCUT2D eigenvalue weighted by Crippen LogP contribution is 2.28. The zero-order chi connectivity index (χ0) is 33.5. The van der Waals surface area contributed by atoms with Crippen molar-refractivity contribution in [3.63, 3.8) is 0 Å². The smallest absolute Gasteiger partial charge is 0.330 e. The van der Waals surface area contributed by atoms with Crippen molar-refractivity contribution in [3.05, 3.63) is 102 Å². The van der Waals surface area contributed by atoms with Gasteiger partial charge in [-0.25, -0.2) is 14.8 Å². The van der Waals surface area contributed by atoms with Crippen molar-refractivity contribution in [2.45, 2.75) is 51.6 Å². The first kappa shape index (κ1) is 32.7. The molecule has 3 aliphatic rings. The molecule has 1 fully saturated rings. The number of benzene rings is 1. The average molecular weight is 634 g/mol. The van der Waals surface area contributed by atoms with E-state index in [9.17, 15) is 14.4 Å². The van der Waals surface area contributed by atoms with Crippen molar-refractivity contribution in [1.29, 1.82) is 0 Å². The molecule has 0 radical (unpaired) electrons. The molecule has 5 rings (SSSR count). The maximum atomic E-state index is 13.6. The van der Waals surface area contributed by atoms with Crippen LogP contribution in [-0.4, -0.2) is 76.2 Å². The SMILES string of the molecule is C=CCCC1=N[C@@H](CC(=O)NC2C=C(N3C/C(=C/N)C(=NC=Nc4ccc(C)nc4)N(C)C3=O)C(C)=CC2)C(=O)Nc2ccccc21. The molecule has 2 atom stereocenters. The maximum Gasteiger partial charge on any atom is 0.330 e. The van der Waals surface area contributed by atoms with E-state index in [1.165, 1.54) is 17.4 Å². The summed E-state index contributed by atoms with van der Waals surface area (Å²) < 4.78 is 0. The number of nitrogens with two attached hydrogens (primary N) is 1. The van der Waals surface area contributed by atoms with Gasteiger partial charge in [-0.15, -0.1) is 6.58 Å². The van der Waals surface area contributed by atoms with Gasteiger partial charge < -0.3 is 16.4 Å². The second-order valence-electron chi connectivity index (χ2n) is 11.5. The summed E-state index contributed by atoms with van der Waals surface area (Å²) in [4.78, 5) is 60.7. The van der Waals surface area contributed by atoms with E-state index in [1.54, 1.807) is 24.2 Å². The van der Waals surface area contributed by atoms with Crippen LogP contribution in [0.25, 0.3) is 0 Å². The number of carbonyl (C=O) groups is 3. The number of fused-ring (bicyclic) bond motifs is 1. The lowest BCUT2D eigenvalue weighted by Crippen LogP contribution is -2.52. The minimum Gasteiger partial charge on any atom is -0.404 e. The van der Waals surface area contributed by atoms with Crippen LogP contribution in [0.3, 0.4) is 0 Å². The molecule has 2 aliphatic heterocycles. The van der Waals surface area contributed by atoms with Crippen LogP contribution >= 0.6 is 0 Å². The van der Waals surface area contributed by atoms with Crippen LogP contribution < -0.4 is 16.4 Å². The number of pyridine rings is 1. The second kappa shape index (κ2) is 14.6. The summed E-state index contributed by atoms with van der Waals surface area (Å²) in [5.41, 5.74) is 12.0. The Hall–Kier alpha value is -5.65. The van der Waals surface area contributed by atoms with Crippen molar-refractivity contribution in [3.8, 4) is 0 Å². The van der Waals surface area contributed by atoms with Gasteiger partial charge in [0.2, 0.25) is 11.8 Å². The number of urea groups is 1. The van der Waals surface area contributed by atoms with E-state index < -0.39 is 12.1 Å². The Bertz CT molecular complexity index is 1750. The normalized spacial score (nSPS) is 21.6. The summed E-state index contributed by atoms with van der Waals surface area (Å²) in [6, 6.07) is 9.59. The lowest BCUT2D eigenvalue weighted by atomic mass is 9.98. The Morgan fingerprint density at radius 2 is 2.02 bits per heavy atom. The van der Waals surface area contributed by atoms with Crippen LogP contribution in [0.5, 0.6) is 0 Å². The molecule has 12 heteroatoms. The summed E-state index contributed by atoms with van der Waals surface area (Å²) in [5, 5.41) is 5.94. The number of amides is 4. The minimum atomic E-state index is -0.885. The Balaban J connectivity index is 1.29. The first-order valence-electron chi connectivity index (χ1n) is 15.4. The number of rotatable bonds is 9. The number of carbonyl (C=O) groups excluding carboxylic acids is 3. The van der Waals surface area contributed by atoms with Crippen molar-refractivity contribution >= 4 is 47.1 Å². The second-order valence-corrected chi connectivity index (χ2v) is 11.5. The molecular weight excluding hydrogens is 594 g/mol. The summed E-state index contributed by atoms with van der Waals surface area (Å²) >= 11 is 0. The molecule has 0 bridgehead atoms. The lowest BCUT2D eigenvalue weighted by Gasteiger charge is -2.38. The van der Waals surface area contributed by atoms with Crippen LogP contribution in [-0.2, 0) is 9.59 Å². The van der Waals surface area contributed by atoms with E-state index >= 15 is 0 Å². The fourth-order valence-corrected chi connectivity index (χ4v) is 5.56. The molecule has 0 saturated carbocycles. The maximum absolute atomic E-state index is 13.6. The van der Waals surface area contributed by atoms with Crippen LogP contribution in [0.2, 0.25) is 0 Å². The average Bonchev–Trinajstić information content (AvgIpc) is 3.19. The molecule has 242 valence electrons. The van der Waals surface area contributed by atoms with Crippen molar-refractivity contribution < 1.29 is 14.4 Å². The van der Waals surface area contributed by atoms with Gasteiger partial charge in [-0.2, -0.15) is 0 Å². The molecule has 1 unspecified atom stereocenters. The number of para-hydroxylation sites is 1. The van der Waals surface area contributed by atoms with Gasteiger partial charge in [0.15, 0.2) is 0 Å². The van der Waals surface area contributed by atoms with E-state index in [0.29, 0.717) is 47.7 Å². The first-order chi connectivity index (χ1) is 22.7. The zero-order valence-corrected chi connectivity index (χ0v) is 26.8. The number of hydrogen-bond donors (Lipinski definition) is 3. The quantitative estimate of drug-likeness (QED) is 0.210. The van der Waals surface area contributed by atoms with Gasteiger partial charge in [0, 0.05) is 47.2 Å². The largest absolute Gasteiger partial charge is 0.404 e. The monoisotopic (exact) mass is 633 g/mol. The fourth-order valence-electron chi connectivity index (χ4n) is 5.56. The van der Waals surface area contributed by atoms with Crippen LogP contribution in [0, 0.1) is 6.92 Å². The molecule has 4 amide bonds. The number of aromatic nitrogens is 1. The number of aryl methyl sites for hydroxylation is 1. The van der Waals surface area contributed by atoms with Gasteiger partial charge in [-0.3, -0.25) is 29.4 Å². The Kier molecular flexibility index (Phi) is 10.2. The highest BCUT2D eigenvalue weighted by Gasteiger charge is 2.35. The van der Waals surface area contributed by atoms with E-state index in [0.717, 1.165) is 22.5 Å². The number of benzodiazepines with no additional fused rings is 1. The molecule has 0 spiro atoms. The molecule has 1 aromatic heterocycles. The standard InChI is InChI=1S/C35H39N9O3/c1-5-6-10-28-27-9-7-8-11-29(27)42-34(46)30(41-28)17-32(45)40-25-14-12-22(2)31(16-25)44-20-24(18-36)33(43(4)35(44)47)39-21-38-26-15-13-23(3)37-19-26/h5,7-9,11-13,15-16,18-19,21,25,30H,1,6,10,14,17,20,36H2,2-4H3,(H,40,45)(H,42,46)/b24-18-,38-21?,39-33?/t25?,30-/m0/s1. The molecular formula is C35H39N9O3. The van der Waals surface area contributed by atoms with Gasteiger partial charge in [-0.05, 0) is 63.0 Å². The van der Waals surface area contributed by atoms with Crippen molar-refractivity contribution in [2.75, 3.05) is 18.9 Å². The third kappa shape index (κ3) is 7.60. The van der Waals surface area contributed by atoms with Crippen LogP contribution in [0.1, 0.15) is 43.9 Å². The molecule has 4 N–H and O–H groups in total. The third-order valence-corrected chi connectivity index (χ3v) is 8.09. The molecule has 3 heterocycles. The summed E-state index contributed by atoms with van der Waals surface area (Å²) in [6.07, 6.45) is 11.8.